The molecular formula is C8H12N2O. The highest BCUT2D eigenvalue weighted by Gasteiger charge is 2.04. The SMILES string of the molecule is CCN=C(N)c1occc1C. The Bertz CT molecular complexity index is 263. The maximum Gasteiger partial charge on any atom is 0.171 e. The Morgan fingerprint density at radius 2 is 2.45 bits per heavy atom. The van der Waals surface area contributed by atoms with Crippen molar-refractivity contribution >= 4 is 5.84 Å². The molecule has 0 radical (unpaired) electrons. The minimum Gasteiger partial charge on any atom is -0.461 e. The van der Waals surface area contributed by atoms with E-state index in [2.05, 4.69) is 4.99 Å². The van der Waals surface area contributed by atoms with Crippen LogP contribution in [0.4, 0.5) is 0 Å². The largest absolute Gasteiger partial charge is 0.461 e. The van der Waals surface area contributed by atoms with E-state index in [0.29, 0.717) is 18.1 Å². The summed E-state index contributed by atoms with van der Waals surface area (Å²) in [6.45, 7) is 4.56. The molecule has 1 aromatic rings. The number of amidine groups is 1. The van der Waals surface area contributed by atoms with Crippen LogP contribution >= 0.6 is 0 Å². The molecule has 0 aromatic carbocycles. The highest BCUT2D eigenvalue weighted by molar-refractivity contribution is 5.96. The van der Waals surface area contributed by atoms with Gasteiger partial charge in [-0.15, -0.1) is 0 Å². The van der Waals surface area contributed by atoms with E-state index in [0.717, 1.165) is 5.56 Å². The zero-order chi connectivity index (χ0) is 8.27. The maximum absolute atomic E-state index is 5.61. The highest BCUT2D eigenvalue weighted by atomic mass is 16.3. The molecule has 11 heavy (non-hydrogen) atoms. The van der Waals surface area contributed by atoms with Crippen LogP contribution in [0.25, 0.3) is 0 Å². The molecule has 1 aromatic heterocycles. The lowest BCUT2D eigenvalue weighted by Gasteiger charge is -1.95. The van der Waals surface area contributed by atoms with Crippen molar-refractivity contribution in [1.82, 2.24) is 0 Å². The molecule has 1 heterocycles. The van der Waals surface area contributed by atoms with Crippen molar-refractivity contribution in [3.8, 4) is 0 Å². The molecule has 0 unspecified atom stereocenters. The summed E-state index contributed by atoms with van der Waals surface area (Å²) >= 11 is 0. The third-order valence-corrected chi connectivity index (χ3v) is 1.42. The molecule has 3 heteroatoms. The summed E-state index contributed by atoms with van der Waals surface area (Å²) < 4.78 is 5.12. The maximum atomic E-state index is 5.61. The van der Waals surface area contributed by atoms with E-state index >= 15 is 0 Å². The number of nitrogens with two attached hydrogens (primary N) is 1. The van der Waals surface area contributed by atoms with Crippen LogP contribution in [-0.4, -0.2) is 12.4 Å². The molecule has 0 saturated heterocycles. The van der Waals surface area contributed by atoms with Crippen molar-refractivity contribution < 1.29 is 4.42 Å². The number of hydrogen-bond donors (Lipinski definition) is 1. The molecule has 0 spiro atoms. The lowest BCUT2D eigenvalue weighted by molar-refractivity contribution is 0.554. The van der Waals surface area contributed by atoms with Gasteiger partial charge in [-0.3, -0.25) is 4.99 Å². The average molecular weight is 152 g/mol. The predicted octanol–water partition coefficient (Wildman–Crippen LogP) is 1.31. The van der Waals surface area contributed by atoms with Crippen molar-refractivity contribution in [3.05, 3.63) is 23.7 Å². The van der Waals surface area contributed by atoms with Gasteiger partial charge in [0.05, 0.1) is 6.26 Å². The van der Waals surface area contributed by atoms with Gasteiger partial charge in [0.25, 0.3) is 0 Å². The molecule has 60 valence electrons. The zero-order valence-corrected chi connectivity index (χ0v) is 6.79. The summed E-state index contributed by atoms with van der Waals surface area (Å²) in [6, 6.07) is 1.87. The highest BCUT2D eigenvalue weighted by Crippen LogP contribution is 2.07. The second-order valence-electron chi connectivity index (χ2n) is 2.29. The van der Waals surface area contributed by atoms with E-state index in [4.69, 9.17) is 10.2 Å². The van der Waals surface area contributed by atoms with Crippen LogP contribution in [0.15, 0.2) is 21.7 Å². The van der Waals surface area contributed by atoms with Crippen molar-refractivity contribution in [3.63, 3.8) is 0 Å². The number of furan rings is 1. The van der Waals surface area contributed by atoms with Gasteiger partial charge >= 0.3 is 0 Å². The molecule has 2 N–H and O–H groups in total. The third kappa shape index (κ3) is 1.61. The minimum absolute atomic E-state index is 0.481. The Balaban J connectivity index is 2.92. The minimum atomic E-state index is 0.481. The topological polar surface area (TPSA) is 51.5 Å². The fourth-order valence-electron chi connectivity index (χ4n) is 0.877. The molecule has 0 aliphatic heterocycles. The Labute approximate surface area is 65.9 Å². The van der Waals surface area contributed by atoms with Crippen molar-refractivity contribution in [2.45, 2.75) is 13.8 Å². The molecule has 0 saturated carbocycles. The summed E-state index contributed by atoms with van der Waals surface area (Å²) in [6.07, 6.45) is 1.61. The van der Waals surface area contributed by atoms with Crippen molar-refractivity contribution in [1.29, 1.82) is 0 Å². The average Bonchev–Trinajstić information content (AvgIpc) is 2.36. The van der Waals surface area contributed by atoms with E-state index < -0.39 is 0 Å². The summed E-state index contributed by atoms with van der Waals surface area (Å²) in [4.78, 5) is 4.03. The normalized spacial score (nSPS) is 12.0. The Kier molecular flexibility index (Phi) is 2.31. The van der Waals surface area contributed by atoms with Gasteiger partial charge < -0.3 is 10.2 Å². The fraction of sp³-hybridized carbons (Fsp3) is 0.375. The van der Waals surface area contributed by atoms with Crippen LogP contribution in [0.1, 0.15) is 18.2 Å². The van der Waals surface area contributed by atoms with E-state index in [9.17, 15) is 0 Å². The van der Waals surface area contributed by atoms with Gasteiger partial charge in [-0.1, -0.05) is 0 Å². The third-order valence-electron chi connectivity index (χ3n) is 1.42. The van der Waals surface area contributed by atoms with Gasteiger partial charge in [0, 0.05) is 6.54 Å². The zero-order valence-electron chi connectivity index (χ0n) is 6.79. The summed E-state index contributed by atoms with van der Waals surface area (Å²) in [5.74, 6) is 1.17. The van der Waals surface area contributed by atoms with Gasteiger partial charge in [0.2, 0.25) is 0 Å². The molecule has 0 amide bonds. The van der Waals surface area contributed by atoms with E-state index in [1.807, 2.05) is 19.9 Å². The lowest BCUT2D eigenvalue weighted by Crippen LogP contribution is -2.13. The van der Waals surface area contributed by atoms with Crippen LogP contribution < -0.4 is 5.73 Å². The Morgan fingerprint density at radius 3 is 2.91 bits per heavy atom. The van der Waals surface area contributed by atoms with Crippen LogP contribution in [0, 0.1) is 6.92 Å². The van der Waals surface area contributed by atoms with Crippen LogP contribution in [0.3, 0.4) is 0 Å². The van der Waals surface area contributed by atoms with Gasteiger partial charge in [-0.25, -0.2) is 0 Å². The Morgan fingerprint density at radius 1 is 1.73 bits per heavy atom. The van der Waals surface area contributed by atoms with Gasteiger partial charge in [0.15, 0.2) is 11.6 Å². The smallest absolute Gasteiger partial charge is 0.171 e. The molecule has 0 aliphatic rings. The van der Waals surface area contributed by atoms with Crippen molar-refractivity contribution in [2.24, 2.45) is 10.7 Å². The van der Waals surface area contributed by atoms with Crippen LogP contribution in [0.2, 0.25) is 0 Å². The summed E-state index contributed by atoms with van der Waals surface area (Å²) in [7, 11) is 0. The standard InChI is InChI=1S/C8H12N2O/c1-3-10-8(9)7-6(2)4-5-11-7/h4-5H,3H2,1-2H3,(H2,9,10). The molecule has 0 aliphatic carbocycles. The lowest BCUT2D eigenvalue weighted by atomic mass is 10.3. The number of aryl methyl sites for hydroxylation is 1. The molecule has 0 fully saturated rings. The fourth-order valence-corrected chi connectivity index (χ4v) is 0.877. The van der Waals surface area contributed by atoms with Crippen LogP contribution in [-0.2, 0) is 0 Å². The second kappa shape index (κ2) is 3.23. The van der Waals surface area contributed by atoms with E-state index in [-0.39, 0.29) is 0 Å². The quantitative estimate of drug-likeness (QED) is 0.513. The number of nitrogens with zero attached hydrogens (tertiary/aromatic N) is 1. The first-order chi connectivity index (χ1) is 5.25. The first-order valence-corrected chi connectivity index (χ1v) is 3.60. The Hall–Kier alpha value is -1.25. The van der Waals surface area contributed by atoms with E-state index in [1.54, 1.807) is 6.26 Å². The van der Waals surface area contributed by atoms with Gasteiger partial charge in [0.1, 0.15) is 0 Å². The first kappa shape index (κ1) is 7.85. The van der Waals surface area contributed by atoms with Crippen molar-refractivity contribution in [2.75, 3.05) is 6.54 Å². The van der Waals surface area contributed by atoms with Gasteiger partial charge in [-0.05, 0) is 25.5 Å². The number of aliphatic imine (C=N–C) groups is 1. The molecule has 1 rings (SSSR count). The van der Waals surface area contributed by atoms with E-state index in [1.165, 1.54) is 0 Å². The second-order valence-corrected chi connectivity index (χ2v) is 2.29. The molecule has 3 nitrogen and oxygen atoms in total. The number of hydrogen-bond acceptors (Lipinski definition) is 2. The summed E-state index contributed by atoms with van der Waals surface area (Å²) in [5, 5.41) is 0. The van der Waals surface area contributed by atoms with Crippen LogP contribution in [0.5, 0.6) is 0 Å². The molecular weight excluding hydrogens is 140 g/mol. The predicted molar refractivity (Wildman–Crippen MR) is 44.7 cm³/mol. The monoisotopic (exact) mass is 152 g/mol. The molecule has 0 atom stereocenters. The summed E-state index contributed by atoms with van der Waals surface area (Å²) in [5.41, 5.74) is 6.63. The first-order valence-electron chi connectivity index (χ1n) is 3.60. The van der Waals surface area contributed by atoms with Gasteiger partial charge in [-0.2, -0.15) is 0 Å². The molecule has 0 bridgehead atoms. The number of rotatable bonds is 2.